The average Bonchev–Trinajstić information content (AvgIpc) is 2.76. The number of aryl methyl sites for hydroxylation is 1. The Morgan fingerprint density at radius 3 is 3.00 bits per heavy atom. The standard InChI is InChI=1S/C13H10N2O2/c1-3-10-5-4-6-11(7-10)15-13(16)12-9(2)8-14-17-12/h1,4-8H,2H3,(H,15,16). The number of carbonyl (C=O) groups excluding carboxylic acids is 1. The van der Waals surface area contributed by atoms with Crippen LogP contribution in [-0.2, 0) is 0 Å². The van der Waals surface area contributed by atoms with Gasteiger partial charge in [-0.15, -0.1) is 6.42 Å². The van der Waals surface area contributed by atoms with Crippen molar-refractivity contribution in [1.82, 2.24) is 5.16 Å². The van der Waals surface area contributed by atoms with Crippen LogP contribution in [0.25, 0.3) is 0 Å². The Labute approximate surface area is 98.6 Å². The van der Waals surface area contributed by atoms with Gasteiger partial charge in [-0.3, -0.25) is 4.79 Å². The molecule has 2 rings (SSSR count). The van der Waals surface area contributed by atoms with Crippen LogP contribution in [0, 0.1) is 19.3 Å². The lowest BCUT2D eigenvalue weighted by atomic mass is 10.2. The summed E-state index contributed by atoms with van der Waals surface area (Å²) in [5, 5.41) is 6.24. The molecule has 0 fully saturated rings. The van der Waals surface area contributed by atoms with Gasteiger partial charge >= 0.3 is 0 Å². The summed E-state index contributed by atoms with van der Waals surface area (Å²) in [5.41, 5.74) is 2.02. The second-order valence-electron chi connectivity index (χ2n) is 3.52. The Morgan fingerprint density at radius 1 is 1.53 bits per heavy atom. The molecule has 17 heavy (non-hydrogen) atoms. The van der Waals surface area contributed by atoms with E-state index in [-0.39, 0.29) is 11.7 Å². The van der Waals surface area contributed by atoms with Gasteiger partial charge in [-0.1, -0.05) is 17.1 Å². The van der Waals surface area contributed by atoms with E-state index in [0.717, 1.165) is 0 Å². The van der Waals surface area contributed by atoms with Crippen LogP contribution in [0.4, 0.5) is 5.69 Å². The molecule has 0 saturated carbocycles. The fourth-order valence-electron chi connectivity index (χ4n) is 1.38. The smallest absolute Gasteiger partial charge is 0.294 e. The molecule has 1 N–H and O–H groups in total. The highest BCUT2D eigenvalue weighted by Gasteiger charge is 2.13. The molecule has 0 atom stereocenters. The summed E-state index contributed by atoms with van der Waals surface area (Å²) in [6.07, 6.45) is 6.77. The molecule has 0 aliphatic carbocycles. The topological polar surface area (TPSA) is 55.1 Å². The van der Waals surface area contributed by atoms with Crippen LogP contribution in [0.5, 0.6) is 0 Å². The molecular formula is C13H10N2O2. The van der Waals surface area contributed by atoms with Gasteiger partial charge in [-0.2, -0.15) is 0 Å². The molecule has 0 aliphatic heterocycles. The Bertz CT molecular complexity index is 593. The molecular weight excluding hydrogens is 216 g/mol. The van der Waals surface area contributed by atoms with Crippen molar-refractivity contribution in [2.45, 2.75) is 6.92 Å². The highest BCUT2D eigenvalue weighted by Crippen LogP contribution is 2.13. The Balaban J connectivity index is 2.19. The number of benzene rings is 1. The van der Waals surface area contributed by atoms with Crippen molar-refractivity contribution in [3.63, 3.8) is 0 Å². The maximum absolute atomic E-state index is 11.8. The Hall–Kier alpha value is -2.54. The molecule has 1 aromatic heterocycles. The maximum Gasteiger partial charge on any atom is 0.294 e. The van der Waals surface area contributed by atoms with Crippen molar-refractivity contribution in [2.24, 2.45) is 0 Å². The third-order valence-electron chi connectivity index (χ3n) is 2.24. The first kappa shape index (κ1) is 11.0. The summed E-state index contributed by atoms with van der Waals surface area (Å²) < 4.78 is 4.85. The normalized spacial score (nSPS) is 9.65. The lowest BCUT2D eigenvalue weighted by molar-refractivity contribution is 0.0987. The third-order valence-corrected chi connectivity index (χ3v) is 2.24. The monoisotopic (exact) mass is 226 g/mol. The van der Waals surface area contributed by atoms with Gasteiger partial charge in [0.05, 0.1) is 6.20 Å². The third kappa shape index (κ3) is 2.34. The van der Waals surface area contributed by atoms with Gasteiger partial charge in [0.1, 0.15) is 0 Å². The van der Waals surface area contributed by atoms with Gasteiger partial charge in [0.25, 0.3) is 5.91 Å². The first-order valence-electron chi connectivity index (χ1n) is 5.00. The van der Waals surface area contributed by atoms with Crippen molar-refractivity contribution < 1.29 is 9.32 Å². The first-order valence-corrected chi connectivity index (χ1v) is 5.00. The summed E-state index contributed by atoms with van der Waals surface area (Å²) >= 11 is 0. The van der Waals surface area contributed by atoms with Gasteiger partial charge in [0.2, 0.25) is 5.76 Å². The minimum Gasteiger partial charge on any atom is -0.351 e. The molecule has 0 spiro atoms. The lowest BCUT2D eigenvalue weighted by Crippen LogP contribution is -2.12. The fourth-order valence-corrected chi connectivity index (χ4v) is 1.38. The number of aromatic nitrogens is 1. The van der Waals surface area contributed by atoms with E-state index in [2.05, 4.69) is 16.4 Å². The number of anilines is 1. The van der Waals surface area contributed by atoms with E-state index >= 15 is 0 Å². The number of terminal acetylenes is 1. The van der Waals surface area contributed by atoms with Crippen molar-refractivity contribution in [3.05, 3.63) is 47.3 Å². The molecule has 0 radical (unpaired) electrons. The van der Waals surface area contributed by atoms with E-state index in [1.54, 1.807) is 31.2 Å². The van der Waals surface area contributed by atoms with Gasteiger partial charge < -0.3 is 9.84 Å². The van der Waals surface area contributed by atoms with Crippen LogP contribution >= 0.6 is 0 Å². The highest BCUT2D eigenvalue weighted by molar-refractivity contribution is 6.03. The molecule has 0 unspecified atom stereocenters. The zero-order valence-corrected chi connectivity index (χ0v) is 9.23. The van der Waals surface area contributed by atoms with E-state index < -0.39 is 0 Å². The van der Waals surface area contributed by atoms with Crippen molar-refractivity contribution >= 4 is 11.6 Å². The van der Waals surface area contributed by atoms with Crippen molar-refractivity contribution in [3.8, 4) is 12.3 Å². The fraction of sp³-hybridized carbons (Fsp3) is 0.0769. The van der Waals surface area contributed by atoms with Crippen LogP contribution < -0.4 is 5.32 Å². The largest absolute Gasteiger partial charge is 0.351 e. The number of carbonyl (C=O) groups is 1. The molecule has 0 aliphatic rings. The summed E-state index contributed by atoms with van der Waals surface area (Å²) in [7, 11) is 0. The first-order chi connectivity index (χ1) is 8.20. The maximum atomic E-state index is 11.8. The molecule has 0 bridgehead atoms. The van der Waals surface area contributed by atoms with Gasteiger partial charge in [-0.25, -0.2) is 0 Å². The SMILES string of the molecule is C#Cc1cccc(NC(=O)c2oncc2C)c1. The van der Waals surface area contributed by atoms with Gasteiger partial charge in [0, 0.05) is 16.8 Å². The Morgan fingerprint density at radius 2 is 2.35 bits per heavy atom. The van der Waals surface area contributed by atoms with Crippen LogP contribution in [-0.4, -0.2) is 11.1 Å². The van der Waals surface area contributed by atoms with Crippen LogP contribution in [0.1, 0.15) is 21.7 Å². The Kier molecular flexibility index (Phi) is 2.93. The van der Waals surface area contributed by atoms with E-state index in [9.17, 15) is 4.79 Å². The average molecular weight is 226 g/mol. The van der Waals surface area contributed by atoms with E-state index in [1.807, 2.05) is 0 Å². The van der Waals surface area contributed by atoms with Crippen molar-refractivity contribution in [2.75, 3.05) is 5.32 Å². The number of hydrogen-bond acceptors (Lipinski definition) is 3. The number of nitrogens with zero attached hydrogens (tertiary/aromatic N) is 1. The van der Waals surface area contributed by atoms with Gasteiger partial charge in [-0.05, 0) is 25.1 Å². The molecule has 0 saturated heterocycles. The second-order valence-corrected chi connectivity index (χ2v) is 3.52. The number of amides is 1. The predicted molar refractivity (Wildman–Crippen MR) is 63.6 cm³/mol. The molecule has 84 valence electrons. The van der Waals surface area contributed by atoms with E-state index in [1.165, 1.54) is 6.20 Å². The number of hydrogen-bond donors (Lipinski definition) is 1. The molecule has 1 heterocycles. The van der Waals surface area contributed by atoms with Crippen LogP contribution in [0.15, 0.2) is 35.0 Å². The minimum atomic E-state index is -0.339. The summed E-state index contributed by atoms with van der Waals surface area (Å²) in [5.74, 6) is 2.37. The van der Waals surface area contributed by atoms with Gasteiger partial charge in [0.15, 0.2) is 0 Å². The number of nitrogens with one attached hydrogen (secondary N) is 1. The minimum absolute atomic E-state index is 0.205. The van der Waals surface area contributed by atoms with E-state index in [4.69, 9.17) is 10.9 Å². The second kappa shape index (κ2) is 4.54. The molecule has 2 aromatic rings. The van der Waals surface area contributed by atoms with Crippen LogP contribution in [0.2, 0.25) is 0 Å². The summed E-state index contributed by atoms with van der Waals surface area (Å²) in [4.78, 5) is 11.8. The predicted octanol–water partition coefficient (Wildman–Crippen LogP) is 2.22. The quantitative estimate of drug-likeness (QED) is 0.799. The lowest BCUT2D eigenvalue weighted by Gasteiger charge is -2.03. The zero-order chi connectivity index (χ0) is 12.3. The molecule has 1 amide bonds. The zero-order valence-electron chi connectivity index (χ0n) is 9.23. The van der Waals surface area contributed by atoms with Crippen LogP contribution in [0.3, 0.4) is 0 Å². The highest BCUT2D eigenvalue weighted by atomic mass is 16.5. The molecule has 4 nitrogen and oxygen atoms in total. The van der Waals surface area contributed by atoms with Crippen molar-refractivity contribution in [1.29, 1.82) is 0 Å². The molecule has 4 heteroatoms. The summed E-state index contributed by atoms with van der Waals surface area (Å²) in [6.45, 7) is 1.75. The number of rotatable bonds is 2. The molecule has 1 aromatic carbocycles. The summed E-state index contributed by atoms with van der Waals surface area (Å²) in [6, 6.07) is 7.03. The van der Waals surface area contributed by atoms with E-state index in [0.29, 0.717) is 16.8 Å².